The van der Waals surface area contributed by atoms with E-state index in [9.17, 15) is 0 Å². The van der Waals surface area contributed by atoms with Crippen LogP contribution in [0, 0.1) is 0 Å². The van der Waals surface area contributed by atoms with Gasteiger partial charge in [-0.25, -0.2) is 4.98 Å². The largest absolute Gasteiger partial charge is 0.455 e. The number of benzene rings is 4. The normalized spacial score (nSPS) is 11.3. The monoisotopic (exact) mass is 433 g/mol. The molecule has 0 aliphatic heterocycles. The van der Waals surface area contributed by atoms with E-state index >= 15 is 0 Å². The van der Waals surface area contributed by atoms with Crippen LogP contribution in [-0.2, 0) is 0 Å². The lowest BCUT2D eigenvalue weighted by Gasteiger charge is -2.05. The van der Waals surface area contributed by atoms with Crippen molar-refractivity contribution in [1.82, 2.24) is 15.0 Å². The molecule has 152 valence electrons. The maximum absolute atomic E-state index is 6.28. The van der Waals surface area contributed by atoms with Gasteiger partial charge in [0.1, 0.15) is 11.2 Å². The first-order valence-corrected chi connectivity index (χ1v) is 10.6. The lowest BCUT2D eigenvalue weighted by atomic mass is 10.0. The lowest BCUT2D eigenvalue weighted by Crippen LogP contribution is -1.97. The molecule has 6 rings (SSSR count). The summed E-state index contributed by atoms with van der Waals surface area (Å²) in [6, 6.07) is 32.3. The zero-order valence-corrected chi connectivity index (χ0v) is 17.6. The minimum Gasteiger partial charge on any atom is -0.455 e. The molecule has 0 aliphatic carbocycles. The molecule has 4 aromatic carbocycles. The summed E-state index contributed by atoms with van der Waals surface area (Å²) < 4.78 is 6.27. The SMILES string of the molecule is Clc1nc(-c2ccccc2)nc(-c2cccc3c2oc2ccc(-c4ccccc4)cc23)n1. The summed E-state index contributed by atoms with van der Waals surface area (Å²) in [5.74, 6) is 1.01. The van der Waals surface area contributed by atoms with Crippen molar-refractivity contribution >= 4 is 33.5 Å². The fourth-order valence-electron chi connectivity index (χ4n) is 3.97. The number of para-hydroxylation sites is 1. The lowest BCUT2D eigenvalue weighted by molar-refractivity contribution is 0.669. The Morgan fingerprint density at radius 3 is 2.06 bits per heavy atom. The maximum Gasteiger partial charge on any atom is 0.226 e. The summed E-state index contributed by atoms with van der Waals surface area (Å²) in [4.78, 5) is 13.4. The molecule has 0 saturated heterocycles. The van der Waals surface area contributed by atoms with Gasteiger partial charge >= 0.3 is 0 Å². The molecule has 4 nitrogen and oxygen atoms in total. The Labute approximate surface area is 189 Å². The van der Waals surface area contributed by atoms with Crippen LogP contribution in [0.3, 0.4) is 0 Å². The summed E-state index contributed by atoms with van der Waals surface area (Å²) in [7, 11) is 0. The van der Waals surface area contributed by atoms with Crippen LogP contribution in [-0.4, -0.2) is 15.0 Å². The van der Waals surface area contributed by atoms with Crippen molar-refractivity contribution in [2.45, 2.75) is 0 Å². The summed E-state index contributed by atoms with van der Waals surface area (Å²) in [5.41, 5.74) is 5.51. The van der Waals surface area contributed by atoms with Crippen LogP contribution in [0.1, 0.15) is 0 Å². The molecular formula is C27H16ClN3O. The Hall–Kier alpha value is -4.02. The van der Waals surface area contributed by atoms with Gasteiger partial charge in [0, 0.05) is 16.3 Å². The molecule has 2 heterocycles. The number of aromatic nitrogens is 3. The summed E-state index contributed by atoms with van der Waals surface area (Å²) in [5, 5.41) is 2.20. The van der Waals surface area contributed by atoms with Gasteiger partial charge in [-0.05, 0) is 40.9 Å². The van der Waals surface area contributed by atoms with E-state index in [1.54, 1.807) is 0 Å². The van der Waals surface area contributed by atoms with Gasteiger partial charge in [-0.1, -0.05) is 78.9 Å². The number of rotatable bonds is 3. The van der Waals surface area contributed by atoms with Gasteiger partial charge in [-0.15, -0.1) is 0 Å². The molecule has 6 aromatic rings. The number of fused-ring (bicyclic) bond motifs is 3. The minimum absolute atomic E-state index is 0.147. The van der Waals surface area contributed by atoms with E-state index < -0.39 is 0 Å². The van der Waals surface area contributed by atoms with Crippen molar-refractivity contribution in [2.75, 3.05) is 0 Å². The van der Waals surface area contributed by atoms with E-state index in [0.29, 0.717) is 11.6 Å². The molecule has 0 fully saturated rings. The fraction of sp³-hybridized carbons (Fsp3) is 0. The average Bonchev–Trinajstić information content (AvgIpc) is 3.23. The first-order valence-electron chi connectivity index (χ1n) is 10.2. The van der Waals surface area contributed by atoms with Gasteiger partial charge in [0.2, 0.25) is 5.28 Å². The van der Waals surface area contributed by atoms with Gasteiger partial charge in [0.15, 0.2) is 11.6 Å². The molecule has 2 aromatic heterocycles. The maximum atomic E-state index is 6.28. The third kappa shape index (κ3) is 3.22. The molecule has 0 spiro atoms. The third-order valence-electron chi connectivity index (χ3n) is 5.48. The Balaban J connectivity index is 1.54. The fourth-order valence-corrected chi connectivity index (χ4v) is 4.13. The first kappa shape index (κ1) is 18.7. The Morgan fingerprint density at radius 1 is 0.562 bits per heavy atom. The van der Waals surface area contributed by atoms with Crippen molar-refractivity contribution in [1.29, 1.82) is 0 Å². The summed E-state index contributed by atoms with van der Waals surface area (Å²) in [6.07, 6.45) is 0. The highest BCUT2D eigenvalue weighted by Gasteiger charge is 2.16. The molecule has 32 heavy (non-hydrogen) atoms. The van der Waals surface area contributed by atoms with Crippen LogP contribution in [0.25, 0.3) is 55.8 Å². The third-order valence-corrected chi connectivity index (χ3v) is 5.65. The van der Waals surface area contributed by atoms with Crippen molar-refractivity contribution in [3.63, 3.8) is 0 Å². The summed E-state index contributed by atoms with van der Waals surface area (Å²) in [6.45, 7) is 0. The van der Waals surface area contributed by atoms with Crippen LogP contribution >= 0.6 is 11.6 Å². The van der Waals surface area contributed by atoms with Crippen LogP contribution in [0.15, 0.2) is 101 Å². The number of hydrogen-bond acceptors (Lipinski definition) is 4. The van der Waals surface area contributed by atoms with E-state index in [4.69, 9.17) is 21.0 Å². The van der Waals surface area contributed by atoms with Crippen LogP contribution < -0.4 is 0 Å². The quantitative estimate of drug-likeness (QED) is 0.291. The second-order valence-corrected chi connectivity index (χ2v) is 7.82. The van der Waals surface area contributed by atoms with Crippen LogP contribution in [0.4, 0.5) is 0 Å². The highest BCUT2D eigenvalue weighted by molar-refractivity contribution is 6.28. The standard InChI is InChI=1S/C27H16ClN3O/c28-27-30-25(18-10-5-2-6-11-18)29-26(31-27)21-13-7-12-20-22-16-19(17-8-3-1-4-9-17)14-15-23(22)32-24(20)21/h1-16H. The van der Waals surface area contributed by atoms with Crippen LogP contribution in [0.2, 0.25) is 5.28 Å². The summed E-state index contributed by atoms with van der Waals surface area (Å²) >= 11 is 6.28. The van der Waals surface area contributed by atoms with Gasteiger partial charge in [-0.3, -0.25) is 0 Å². The first-order chi connectivity index (χ1) is 15.8. The average molecular weight is 434 g/mol. The highest BCUT2D eigenvalue weighted by Crippen LogP contribution is 2.37. The topological polar surface area (TPSA) is 51.8 Å². The molecule has 0 N–H and O–H groups in total. The number of hydrogen-bond donors (Lipinski definition) is 0. The van der Waals surface area contributed by atoms with E-state index in [2.05, 4.69) is 40.3 Å². The molecule has 0 unspecified atom stereocenters. The number of halogens is 1. The second kappa shape index (κ2) is 7.59. The molecule has 5 heteroatoms. The van der Waals surface area contributed by atoms with E-state index in [-0.39, 0.29) is 5.28 Å². The molecule has 0 amide bonds. The van der Waals surface area contributed by atoms with Crippen molar-refractivity contribution < 1.29 is 4.42 Å². The zero-order valence-electron chi connectivity index (χ0n) is 16.9. The highest BCUT2D eigenvalue weighted by atomic mass is 35.5. The van der Waals surface area contributed by atoms with Crippen molar-refractivity contribution in [2.24, 2.45) is 0 Å². The van der Waals surface area contributed by atoms with E-state index in [1.165, 1.54) is 0 Å². The smallest absolute Gasteiger partial charge is 0.226 e. The zero-order chi connectivity index (χ0) is 21.5. The Morgan fingerprint density at radius 2 is 1.28 bits per heavy atom. The van der Waals surface area contributed by atoms with Crippen LogP contribution in [0.5, 0.6) is 0 Å². The molecular weight excluding hydrogens is 418 g/mol. The van der Waals surface area contributed by atoms with Gasteiger partial charge in [0.05, 0.1) is 5.56 Å². The number of nitrogens with zero attached hydrogens (tertiary/aromatic N) is 3. The number of furan rings is 1. The van der Waals surface area contributed by atoms with Crippen molar-refractivity contribution in [3.05, 3.63) is 102 Å². The predicted molar refractivity (Wildman–Crippen MR) is 128 cm³/mol. The Bertz CT molecular complexity index is 1580. The minimum atomic E-state index is 0.147. The Kier molecular flexibility index (Phi) is 4.44. The van der Waals surface area contributed by atoms with Gasteiger partial charge in [0.25, 0.3) is 0 Å². The van der Waals surface area contributed by atoms with Gasteiger partial charge < -0.3 is 4.42 Å². The predicted octanol–water partition coefficient (Wildman–Crippen LogP) is 7.43. The molecule has 0 radical (unpaired) electrons. The van der Waals surface area contributed by atoms with Gasteiger partial charge in [-0.2, -0.15) is 9.97 Å². The van der Waals surface area contributed by atoms with Crippen molar-refractivity contribution in [3.8, 4) is 33.9 Å². The molecule has 0 aliphatic rings. The van der Waals surface area contributed by atoms with E-state index in [0.717, 1.165) is 44.2 Å². The second-order valence-electron chi connectivity index (χ2n) is 7.48. The molecule has 0 bridgehead atoms. The molecule has 0 atom stereocenters. The molecule has 0 saturated carbocycles. The van der Waals surface area contributed by atoms with E-state index in [1.807, 2.05) is 66.7 Å².